The number of carbonyl (C=O) groups is 1. The highest BCUT2D eigenvalue weighted by atomic mass is 35.5. The Hall–Kier alpha value is -1.20. The van der Waals surface area contributed by atoms with Gasteiger partial charge >= 0.3 is 5.97 Å². The van der Waals surface area contributed by atoms with E-state index >= 15 is 0 Å². The zero-order valence-corrected chi connectivity index (χ0v) is 12.1. The van der Waals surface area contributed by atoms with Crippen molar-refractivity contribution in [1.29, 1.82) is 0 Å². The van der Waals surface area contributed by atoms with E-state index in [0.717, 1.165) is 23.1 Å². The highest BCUT2D eigenvalue weighted by molar-refractivity contribution is 7.19. The van der Waals surface area contributed by atoms with E-state index in [1.165, 1.54) is 16.8 Å². The molecule has 0 spiro atoms. The SMILES string of the molecule is CCOC(=O)C[C@@H]1CCc2sc3ncnc(Cl)c3c21. The van der Waals surface area contributed by atoms with E-state index < -0.39 is 0 Å². The summed E-state index contributed by atoms with van der Waals surface area (Å²) < 4.78 is 5.04. The van der Waals surface area contributed by atoms with Crippen LogP contribution in [0.5, 0.6) is 0 Å². The number of hydrogen-bond donors (Lipinski definition) is 0. The molecule has 19 heavy (non-hydrogen) atoms. The van der Waals surface area contributed by atoms with E-state index in [1.54, 1.807) is 11.3 Å². The van der Waals surface area contributed by atoms with Gasteiger partial charge in [-0.25, -0.2) is 9.97 Å². The van der Waals surface area contributed by atoms with E-state index in [2.05, 4.69) is 9.97 Å². The molecule has 0 saturated heterocycles. The Labute approximate surface area is 119 Å². The van der Waals surface area contributed by atoms with Crippen molar-refractivity contribution in [2.75, 3.05) is 6.61 Å². The summed E-state index contributed by atoms with van der Waals surface area (Å²) >= 11 is 7.84. The van der Waals surface area contributed by atoms with Crippen LogP contribution in [0.25, 0.3) is 10.2 Å². The van der Waals surface area contributed by atoms with Gasteiger partial charge in [-0.3, -0.25) is 4.79 Å². The van der Waals surface area contributed by atoms with Crippen LogP contribution in [0.1, 0.15) is 36.1 Å². The van der Waals surface area contributed by atoms with Crippen molar-refractivity contribution in [3.05, 3.63) is 21.9 Å². The van der Waals surface area contributed by atoms with Crippen molar-refractivity contribution >= 4 is 39.1 Å². The molecule has 1 atom stereocenters. The molecule has 0 saturated carbocycles. The van der Waals surface area contributed by atoms with Crippen LogP contribution in [0.2, 0.25) is 5.15 Å². The van der Waals surface area contributed by atoms with E-state index in [9.17, 15) is 4.79 Å². The Balaban J connectivity index is 1.99. The first-order chi connectivity index (χ1) is 9.20. The van der Waals surface area contributed by atoms with Crippen LogP contribution < -0.4 is 0 Å². The fraction of sp³-hybridized carbons (Fsp3) is 0.462. The summed E-state index contributed by atoms with van der Waals surface area (Å²) in [5.41, 5.74) is 1.17. The van der Waals surface area contributed by atoms with Gasteiger partial charge in [0.2, 0.25) is 0 Å². The maximum absolute atomic E-state index is 11.7. The van der Waals surface area contributed by atoms with Crippen molar-refractivity contribution < 1.29 is 9.53 Å². The van der Waals surface area contributed by atoms with E-state index in [-0.39, 0.29) is 11.9 Å². The number of carbonyl (C=O) groups excluding carboxylic acids is 1. The lowest BCUT2D eigenvalue weighted by Gasteiger charge is -2.10. The molecule has 0 N–H and O–H groups in total. The normalized spacial score (nSPS) is 17.7. The molecular formula is C13H13ClN2O2S. The Morgan fingerprint density at radius 2 is 2.42 bits per heavy atom. The quantitative estimate of drug-likeness (QED) is 0.644. The average molecular weight is 297 g/mol. The largest absolute Gasteiger partial charge is 0.466 e. The molecule has 6 heteroatoms. The molecule has 4 nitrogen and oxygen atoms in total. The van der Waals surface area contributed by atoms with Crippen LogP contribution in [-0.4, -0.2) is 22.5 Å². The van der Waals surface area contributed by atoms with Crippen LogP contribution in [-0.2, 0) is 16.0 Å². The summed E-state index contributed by atoms with van der Waals surface area (Å²) in [5, 5.41) is 1.41. The van der Waals surface area contributed by atoms with Crippen molar-refractivity contribution in [2.45, 2.75) is 32.1 Å². The summed E-state index contributed by atoms with van der Waals surface area (Å²) in [6, 6.07) is 0. The highest BCUT2D eigenvalue weighted by Crippen LogP contribution is 2.46. The number of nitrogens with zero attached hydrogens (tertiary/aromatic N) is 2. The molecule has 1 aliphatic rings. The van der Waals surface area contributed by atoms with Gasteiger partial charge in [-0.05, 0) is 31.2 Å². The van der Waals surface area contributed by atoms with E-state index in [0.29, 0.717) is 18.2 Å². The molecule has 0 unspecified atom stereocenters. The molecule has 0 amide bonds. The second-order valence-corrected chi connectivity index (χ2v) is 5.97. The van der Waals surface area contributed by atoms with Crippen molar-refractivity contribution in [3.8, 4) is 0 Å². The maximum Gasteiger partial charge on any atom is 0.306 e. The lowest BCUT2D eigenvalue weighted by atomic mass is 9.98. The first-order valence-electron chi connectivity index (χ1n) is 6.28. The van der Waals surface area contributed by atoms with Crippen LogP contribution in [0.4, 0.5) is 0 Å². The number of esters is 1. The van der Waals surface area contributed by atoms with Gasteiger partial charge in [0.1, 0.15) is 16.3 Å². The van der Waals surface area contributed by atoms with Crippen LogP contribution in [0.3, 0.4) is 0 Å². The van der Waals surface area contributed by atoms with Gasteiger partial charge < -0.3 is 4.74 Å². The number of thiophene rings is 1. The summed E-state index contributed by atoms with van der Waals surface area (Å²) in [6.07, 6.45) is 3.85. The molecule has 100 valence electrons. The lowest BCUT2D eigenvalue weighted by Crippen LogP contribution is -2.08. The van der Waals surface area contributed by atoms with Crippen molar-refractivity contribution in [2.24, 2.45) is 0 Å². The smallest absolute Gasteiger partial charge is 0.306 e. The number of fused-ring (bicyclic) bond motifs is 3. The first-order valence-corrected chi connectivity index (χ1v) is 7.47. The number of hydrogen-bond acceptors (Lipinski definition) is 5. The van der Waals surface area contributed by atoms with Crippen LogP contribution in [0, 0.1) is 0 Å². The molecule has 0 bridgehead atoms. The van der Waals surface area contributed by atoms with Crippen molar-refractivity contribution in [1.82, 2.24) is 9.97 Å². The van der Waals surface area contributed by atoms with Gasteiger partial charge in [0.15, 0.2) is 0 Å². The Kier molecular flexibility index (Phi) is 3.41. The summed E-state index contributed by atoms with van der Waals surface area (Å²) in [5.74, 6) is 0.0407. The zero-order chi connectivity index (χ0) is 13.4. The van der Waals surface area contributed by atoms with E-state index in [4.69, 9.17) is 16.3 Å². The average Bonchev–Trinajstić information content (AvgIpc) is 2.90. The number of aromatic nitrogens is 2. The van der Waals surface area contributed by atoms with Crippen LogP contribution >= 0.6 is 22.9 Å². The summed E-state index contributed by atoms with van der Waals surface area (Å²) in [4.78, 5) is 22.2. The van der Waals surface area contributed by atoms with Gasteiger partial charge in [0, 0.05) is 4.88 Å². The Morgan fingerprint density at radius 3 is 3.21 bits per heavy atom. The molecular weight excluding hydrogens is 284 g/mol. The van der Waals surface area contributed by atoms with Crippen molar-refractivity contribution in [3.63, 3.8) is 0 Å². The molecule has 0 radical (unpaired) electrons. The molecule has 0 aliphatic heterocycles. The van der Waals surface area contributed by atoms with Gasteiger partial charge in [-0.2, -0.15) is 0 Å². The lowest BCUT2D eigenvalue weighted by molar-refractivity contribution is -0.143. The second-order valence-electron chi connectivity index (χ2n) is 4.53. The first kappa shape index (κ1) is 12.8. The molecule has 3 rings (SSSR count). The van der Waals surface area contributed by atoms with Gasteiger partial charge in [-0.15, -0.1) is 11.3 Å². The minimum absolute atomic E-state index is 0.146. The number of halogens is 1. The third-order valence-electron chi connectivity index (χ3n) is 3.40. The Bertz CT molecular complexity index is 641. The molecule has 1 aliphatic carbocycles. The van der Waals surface area contributed by atoms with Gasteiger partial charge in [-0.1, -0.05) is 11.6 Å². The third-order valence-corrected chi connectivity index (χ3v) is 4.86. The summed E-state index contributed by atoms with van der Waals surface area (Å²) in [7, 11) is 0. The Morgan fingerprint density at radius 1 is 1.58 bits per heavy atom. The minimum Gasteiger partial charge on any atom is -0.466 e. The molecule has 2 aromatic heterocycles. The van der Waals surface area contributed by atoms with Gasteiger partial charge in [0.25, 0.3) is 0 Å². The van der Waals surface area contributed by atoms with E-state index in [1.807, 2.05) is 6.92 Å². The fourth-order valence-electron chi connectivity index (χ4n) is 2.66. The number of rotatable bonds is 3. The highest BCUT2D eigenvalue weighted by Gasteiger charge is 2.31. The molecule has 0 aromatic carbocycles. The maximum atomic E-state index is 11.7. The molecule has 2 aromatic rings. The summed E-state index contributed by atoms with van der Waals surface area (Å²) in [6.45, 7) is 2.25. The molecule has 2 heterocycles. The number of ether oxygens (including phenoxy) is 1. The molecule has 0 fully saturated rings. The topological polar surface area (TPSA) is 52.1 Å². The minimum atomic E-state index is -0.146. The third kappa shape index (κ3) is 2.21. The van der Waals surface area contributed by atoms with Crippen LogP contribution in [0.15, 0.2) is 6.33 Å². The monoisotopic (exact) mass is 296 g/mol. The predicted molar refractivity (Wildman–Crippen MR) is 74.7 cm³/mol. The zero-order valence-electron chi connectivity index (χ0n) is 10.5. The predicted octanol–water partition coefficient (Wildman–Crippen LogP) is 3.33. The van der Waals surface area contributed by atoms with Gasteiger partial charge in [0.05, 0.1) is 18.4 Å². The number of aryl methyl sites for hydroxylation is 1. The fourth-order valence-corrected chi connectivity index (χ4v) is 4.19. The standard InChI is InChI=1S/C13H13ClN2O2S/c1-2-18-9(17)5-7-3-4-8-10(7)11-12(14)15-6-16-13(11)19-8/h6-7H,2-5H2,1H3/t7-/m0/s1. The second kappa shape index (κ2) is 5.06.